The quantitative estimate of drug-likeness (QED) is 0.387. The zero-order chi connectivity index (χ0) is 12.0. The summed E-state index contributed by atoms with van der Waals surface area (Å²) in [7, 11) is 0. The Morgan fingerprint density at radius 3 is 2.56 bits per heavy atom. The van der Waals surface area contributed by atoms with Gasteiger partial charge >= 0.3 is 5.97 Å². The maximum Gasteiger partial charge on any atom is 0.334 e. The zero-order valence-electron chi connectivity index (χ0n) is 10.1. The fourth-order valence-electron chi connectivity index (χ4n) is 2.58. The van der Waals surface area contributed by atoms with Crippen LogP contribution in [0.15, 0.2) is 0 Å². The molecule has 92 valence electrons. The highest BCUT2D eigenvalue weighted by atomic mass is 127. The molecule has 1 saturated heterocycles. The highest BCUT2D eigenvalue weighted by molar-refractivity contribution is 14.1. The van der Waals surface area contributed by atoms with Crippen LogP contribution < -0.4 is 0 Å². The van der Waals surface area contributed by atoms with E-state index >= 15 is 0 Å². The summed E-state index contributed by atoms with van der Waals surface area (Å²) in [5.74, 6) is -0.141. The Kier molecular flexibility index (Phi) is 3.25. The van der Waals surface area contributed by atoms with Crippen molar-refractivity contribution in [2.45, 2.75) is 49.7 Å². The molecule has 4 heteroatoms. The van der Waals surface area contributed by atoms with Crippen molar-refractivity contribution < 1.29 is 14.3 Å². The molecule has 0 bridgehead atoms. The summed E-state index contributed by atoms with van der Waals surface area (Å²) >= 11 is 2.37. The number of ether oxygens (including phenoxy) is 2. The number of rotatable bonds is 0. The first-order valence-electron chi connectivity index (χ1n) is 5.83. The van der Waals surface area contributed by atoms with Crippen molar-refractivity contribution in [1.82, 2.24) is 0 Å². The van der Waals surface area contributed by atoms with Crippen LogP contribution in [0.1, 0.15) is 40.0 Å². The summed E-state index contributed by atoms with van der Waals surface area (Å²) in [5.41, 5.74) is 0.327. The lowest BCUT2D eigenvalue weighted by molar-refractivity contribution is -0.186. The van der Waals surface area contributed by atoms with E-state index in [1.807, 2.05) is 0 Å². The number of carbonyl (C=O) groups excluding carboxylic acids is 1. The van der Waals surface area contributed by atoms with Crippen LogP contribution >= 0.6 is 22.6 Å². The molecule has 1 heterocycles. The third-order valence-electron chi connectivity index (χ3n) is 3.76. The molecule has 2 fully saturated rings. The van der Waals surface area contributed by atoms with E-state index in [2.05, 4.69) is 43.4 Å². The lowest BCUT2D eigenvalue weighted by Gasteiger charge is -2.43. The second-order valence-corrected chi connectivity index (χ2v) is 7.38. The van der Waals surface area contributed by atoms with Gasteiger partial charge in [0.15, 0.2) is 0 Å². The van der Waals surface area contributed by atoms with Gasteiger partial charge in [0, 0.05) is 6.42 Å². The lowest BCUT2D eigenvalue weighted by Crippen LogP contribution is -2.47. The first-order valence-corrected chi connectivity index (χ1v) is 7.08. The first-order chi connectivity index (χ1) is 7.33. The molecule has 0 unspecified atom stereocenters. The second kappa shape index (κ2) is 4.12. The molecular weight excluding hydrogens is 319 g/mol. The molecule has 3 atom stereocenters. The summed E-state index contributed by atoms with van der Waals surface area (Å²) in [5, 5.41) is 0. The van der Waals surface area contributed by atoms with Crippen LogP contribution in [0.5, 0.6) is 0 Å². The molecule has 0 aromatic rings. The van der Waals surface area contributed by atoms with Gasteiger partial charge < -0.3 is 9.47 Å². The summed E-state index contributed by atoms with van der Waals surface area (Å²) in [6.07, 6.45) is 2.99. The van der Waals surface area contributed by atoms with Gasteiger partial charge in [-0.05, 0) is 24.2 Å². The van der Waals surface area contributed by atoms with E-state index in [4.69, 9.17) is 9.47 Å². The van der Waals surface area contributed by atoms with Crippen molar-refractivity contribution in [2.24, 2.45) is 11.3 Å². The Labute approximate surface area is 110 Å². The molecule has 1 saturated carbocycles. The third kappa shape index (κ3) is 2.23. The topological polar surface area (TPSA) is 35.5 Å². The molecular formula is C12H19IO3. The van der Waals surface area contributed by atoms with E-state index in [0.29, 0.717) is 11.3 Å². The molecule has 0 aromatic heterocycles. The molecule has 1 aliphatic heterocycles. The Morgan fingerprint density at radius 1 is 1.44 bits per heavy atom. The van der Waals surface area contributed by atoms with Crippen molar-refractivity contribution in [1.29, 1.82) is 0 Å². The highest BCUT2D eigenvalue weighted by Gasteiger charge is 2.52. The third-order valence-corrected chi connectivity index (χ3v) is 5.21. The first kappa shape index (κ1) is 12.6. The minimum Gasteiger partial charge on any atom is -0.430 e. The summed E-state index contributed by atoms with van der Waals surface area (Å²) in [4.78, 5) is 11.2. The largest absolute Gasteiger partial charge is 0.430 e. The van der Waals surface area contributed by atoms with Crippen LogP contribution in [0.4, 0.5) is 0 Å². The van der Waals surface area contributed by atoms with Crippen LogP contribution in [-0.4, -0.2) is 22.3 Å². The van der Waals surface area contributed by atoms with E-state index < -0.39 is 5.79 Å². The molecule has 2 rings (SSSR count). The Morgan fingerprint density at radius 2 is 2.12 bits per heavy atom. The standard InChI is InChI=1S/C12H19IO3/c1-11(2,3)8-4-5-12(9(13)6-8)15-7-10(14)16-12/h8-9H,4-7H2,1-3H3/t8-,9+,12+/m0/s1. The molecule has 16 heavy (non-hydrogen) atoms. The average molecular weight is 338 g/mol. The molecule has 1 aliphatic carbocycles. The van der Waals surface area contributed by atoms with E-state index in [0.717, 1.165) is 19.3 Å². The number of hydrogen-bond acceptors (Lipinski definition) is 3. The number of carbonyl (C=O) groups is 1. The fourth-order valence-corrected chi connectivity index (χ4v) is 3.81. The number of halogens is 1. The molecule has 0 N–H and O–H groups in total. The Hall–Kier alpha value is 0.160. The number of hydrogen-bond donors (Lipinski definition) is 0. The maximum absolute atomic E-state index is 11.2. The van der Waals surface area contributed by atoms with E-state index in [-0.39, 0.29) is 16.5 Å². The van der Waals surface area contributed by atoms with Crippen molar-refractivity contribution >= 4 is 28.6 Å². The summed E-state index contributed by atoms with van der Waals surface area (Å²) < 4.78 is 11.3. The van der Waals surface area contributed by atoms with E-state index in [9.17, 15) is 4.79 Å². The minimum atomic E-state index is -0.612. The maximum atomic E-state index is 11.2. The average Bonchev–Trinajstić information content (AvgIpc) is 2.52. The van der Waals surface area contributed by atoms with E-state index in [1.54, 1.807) is 0 Å². The molecule has 0 amide bonds. The van der Waals surface area contributed by atoms with E-state index in [1.165, 1.54) is 0 Å². The van der Waals surface area contributed by atoms with Gasteiger partial charge in [0.05, 0.1) is 3.92 Å². The second-order valence-electron chi connectivity index (χ2n) is 5.88. The van der Waals surface area contributed by atoms with Gasteiger partial charge in [-0.15, -0.1) is 0 Å². The summed E-state index contributed by atoms with van der Waals surface area (Å²) in [6, 6.07) is 0. The van der Waals surface area contributed by atoms with Gasteiger partial charge in [-0.2, -0.15) is 0 Å². The minimum absolute atomic E-state index is 0.125. The predicted molar refractivity (Wildman–Crippen MR) is 69.4 cm³/mol. The Bertz CT molecular complexity index is 297. The van der Waals surface area contributed by atoms with Gasteiger partial charge in [0.25, 0.3) is 0 Å². The molecule has 0 aromatic carbocycles. The lowest BCUT2D eigenvalue weighted by atomic mass is 9.71. The van der Waals surface area contributed by atoms with Crippen molar-refractivity contribution in [3.05, 3.63) is 0 Å². The Balaban J connectivity index is 2.06. The molecule has 2 aliphatic rings. The van der Waals surface area contributed by atoms with Crippen LogP contribution in [0.25, 0.3) is 0 Å². The number of esters is 1. The van der Waals surface area contributed by atoms with Crippen LogP contribution in [0.3, 0.4) is 0 Å². The van der Waals surface area contributed by atoms with Crippen molar-refractivity contribution in [3.63, 3.8) is 0 Å². The smallest absolute Gasteiger partial charge is 0.334 e. The van der Waals surface area contributed by atoms with Crippen molar-refractivity contribution in [3.8, 4) is 0 Å². The van der Waals surface area contributed by atoms with Gasteiger partial charge in [0.1, 0.15) is 6.61 Å². The monoisotopic (exact) mass is 338 g/mol. The normalized spacial score (nSPS) is 40.1. The van der Waals surface area contributed by atoms with Crippen molar-refractivity contribution in [2.75, 3.05) is 6.61 Å². The van der Waals surface area contributed by atoms with Gasteiger partial charge in [-0.1, -0.05) is 43.4 Å². The fraction of sp³-hybridized carbons (Fsp3) is 0.917. The van der Waals surface area contributed by atoms with Crippen LogP contribution in [0, 0.1) is 11.3 Å². The van der Waals surface area contributed by atoms with Crippen LogP contribution in [0.2, 0.25) is 0 Å². The highest BCUT2D eigenvalue weighted by Crippen LogP contribution is 2.47. The summed E-state index contributed by atoms with van der Waals surface area (Å²) in [6.45, 7) is 6.96. The molecule has 0 radical (unpaired) electrons. The SMILES string of the molecule is CC(C)(C)[C@H]1CC[C@]2(OCC(=O)O2)[C@H](I)C1. The van der Waals surface area contributed by atoms with Gasteiger partial charge in [-0.3, -0.25) is 0 Å². The van der Waals surface area contributed by atoms with Gasteiger partial charge in [-0.25, -0.2) is 4.79 Å². The van der Waals surface area contributed by atoms with Crippen LogP contribution in [-0.2, 0) is 14.3 Å². The zero-order valence-corrected chi connectivity index (χ0v) is 12.2. The number of alkyl halides is 1. The molecule has 1 spiro atoms. The van der Waals surface area contributed by atoms with Gasteiger partial charge in [0.2, 0.25) is 5.79 Å². The predicted octanol–water partition coefficient (Wildman–Crippen LogP) is 2.91. The molecule has 3 nitrogen and oxygen atoms in total.